The second kappa shape index (κ2) is 5.89. The first-order chi connectivity index (χ1) is 10.8. The van der Waals surface area contributed by atoms with Crippen molar-refractivity contribution in [1.29, 1.82) is 0 Å². The fraction of sp³-hybridized carbons (Fsp3) is 0.588. The normalized spacial score (nSPS) is 21.6. The third-order valence-electron chi connectivity index (χ3n) is 5.07. The second-order valence-electron chi connectivity index (χ2n) is 6.33. The van der Waals surface area contributed by atoms with Crippen LogP contribution in [0.4, 0.5) is 5.95 Å². The van der Waals surface area contributed by atoms with Gasteiger partial charge in [-0.25, -0.2) is 4.98 Å². The second-order valence-corrected chi connectivity index (χ2v) is 6.33. The van der Waals surface area contributed by atoms with Crippen molar-refractivity contribution in [3.05, 3.63) is 24.3 Å². The molecule has 0 N–H and O–H groups in total. The average molecular weight is 300 g/mol. The van der Waals surface area contributed by atoms with E-state index in [0.29, 0.717) is 0 Å². The minimum atomic E-state index is 0.719. The van der Waals surface area contributed by atoms with Gasteiger partial charge in [-0.1, -0.05) is 12.1 Å². The van der Waals surface area contributed by atoms with Gasteiger partial charge in [0.1, 0.15) is 0 Å². The zero-order valence-electron chi connectivity index (χ0n) is 13.2. The summed E-state index contributed by atoms with van der Waals surface area (Å²) >= 11 is 0. The molecule has 5 nitrogen and oxygen atoms in total. The molecule has 0 saturated carbocycles. The summed E-state index contributed by atoms with van der Waals surface area (Å²) in [5.41, 5.74) is 2.30. The summed E-state index contributed by atoms with van der Waals surface area (Å²) in [4.78, 5) is 9.89. The molecule has 118 valence electrons. The molecular formula is C17H24N4O. The van der Waals surface area contributed by atoms with Gasteiger partial charge in [0.05, 0.1) is 11.0 Å². The zero-order chi connectivity index (χ0) is 14.9. The Morgan fingerprint density at radius 3 is 2.50 bits per heavy atom. The van der Waals surface area contributed by atoms with E-state index in [1.165, 1.54) is 18.4 Å². The smallest absolute Gasteiger partial charge is 0.206 e. The molecule has 0 radical (unpaired) electrons. The lowest BCUT2D eigenvalue weighted by Crippen LogP contribution is -2.52. The van der Waals surface area contributed by atoms with E-state index in [4.69, 9.17) is 9.72 Å². The summed E-state index contributed by atoms with van der Waals surface area (Å²) in [5.74, 6) is 1.10. The molecule has 1 aromatic heterocycles. The first-order valence-corrected chi connectivity index (χ1v) is 8.31. The van der Waals surface area contributed by atoms with Crippen LogP contribution in [-0.2, 0) is 11.8 Å². The Kier molecular flexibility index (Phi) is 3.76. The van der Waals surface area contributed by atoms with Crippen LogP contribution in [0.15, 0.2) is 24.3 Å². The van der Waals surface area contributed by atoms with E-state index in [9.17, 15) is 0 Å². The first kappa shape index (κ1) is 14.0. The quantitative estimate of drug-likeness (QED) is 0.848. The summed E-state index contributed by atoms with van der Waals surface area (Å²) in [7, 11) is 2.12. The Balaban J connectivity index is 1.47. The Bertz CT molecular complexity index is 639. The first-order valence-electron chi connectivity index (χ1n) is 8.31. The highest BCUT2D eigenvalue weighted by Crippen LogP contribution is 2.23. The average Bonchev–Trinajstić information content (AvgIpc) is 2.93. The van der Waals surface area contributed by atoms with Crippen molar-refractivity contribution in [2.75, 3.05) is 44.3 Å². The van der Waals surface area contributed by atoms with Gasteiger partial charge in [-0.3, -0.25) is 4.90 Å². The summed E-state index contributed by atoms with van der Waals surface area (Å²) in [6.45, 7) is 6.25. The van der Waals surface area contributed by atoms with Crippen molar-refractivity contribution in [3.63, 3.8) is 0 Å². The summed E-state index contributed by atoms with van der Waals surface area (Å²) in [5, 5.41) is 0. The lowest BCUT2D eigenvalue weighted by atomic mass is 10.1. The molecule has 0 amide bonds. The number of hydrogen-bond donors (Lipinski definition) is 0. The highest BCUT2D eigenvalue weighted by atomic mass is 16.5. The summed E-state index contributed by atoms with van der Waals surface area (Å²) < 4.78 is 7.70. The molecule has 0 spiro atoms. The van der Waals surface area contributed by atoms with Crippen LogP contribution in [0.2, 0.25) is 0 Å². The number of hydrogen-bond acceptors (Lipinski definition) is 4. The van der Waals surface area contributed by atoms with Crippen molar-refractivity contribution in [2.45, 2.75) is 18.9 Å². The molecule has 1 aromatic carbocycles. The molecule has 5 heteroatoms. The van der Waals surface area contributed by atoms with Gasteiger partial charge in [-0.2, -0.15) is 0 Å². The van der Waals surface area contributed by atoms with Crippen molar-refractivity contribution in [1.82, 2.24) is 14.5 Å². The van der Waals surface area contributed by atoms with Crippen LogP contribution in [0.5, 0.6) is 0 Å². The van der Waals surface area contributed by atoms with Crippen LogP contribution in [0.3, 0.4) is 0 Å². The van der Waals surface area contributed by atoms with Crippen molar-refractivity contribution >= 4 is 17.0 Å². The Morgan fingerprint density at radius 1 is 1.05 bits per heavy atom. The standard InChI is InChI=1S/C17H24N4O/c1-19-16-5-3-2-4-15(16)18-17(19)21-10-8-20(9-11-21)14-6-12-22-13-7-14/h2-5,14H,6-13H2,1H3. The maximum absolute atomic E-state index is 5.48. The molecule has 0 aliphatic carbocycles. The van der Waals surface area contributed by atoms with Gasteiger partial charge in [-0.05, 0) is 25.0 Å². The number of nitrogens with zero attached hydrogens (tertiary/aromatic N) is 4. The molecule has 2 fully saturated rings. The number of piperazine rings is 1. The molecule has 0 bridgehead atoms. The maximum atomic E-state index is 5.48. The van der Waals surface area contributed by atoms with Crippen LogP contribution in [0.1, 0.15) is 12.8 Å². The highest BCUT2D eigenvalue weighted by Gasteiger charge is 2.27. The van der Waals surface area contributed by atoms with Crippen molar-refractivity contribution in [3.8, 4) is 0 Å². The van der Waals surface area contributed by atoms with E-state index in [0.717, 1.165) is 56.9 Å². The third kappa shape index (κ3) is 2.48. The Labute approximate surface area is 131 Å². The number of aromatic nitrogens is 2. The largest absolute Gasteiger partial charge is 0.381 e. The van der Waals surface area contributed by atoms with Gasteiger partial charge in [0.15, 0.2) is 0 Å². The van der Waals surface area contributed by atoms with E-state index in [1.54, 1.807) is 0 Å². The fourth-order valence-corrected chi connectivity index (χ4v) is 3.75. The van der Waals surface area contributed by atoms with Gasteiger partial charge in [-0.15, -0.1) is 0 Å². The molecule has 2 aliphatic heterocycles. The van der Waals surface area contributed by atoms with E-state index in [2.05, 4.69) is 45.7 Å². The van der Waals surface area contributed by atoms with Gasteiger partial charge in [0, 0.05) is 52.5 Å². The molecule has 0 unspecified atom stereocenters. The summed E-state index contributed by atoms with van der Waals surface area (Å²) in [6, 6.07) is 9.09. The minimum Gasteiger partial charge on any atom is -0.381 e. The third-order valence-corrected chi connectivity index (χ3v) is 5.07. The molecule has 3 heterocycles. The number of benzene rings is 1. The topological polar surface area (TPSA) is 33.5 Å². The summed E-state index contributed by atoms with van der Waals surface area (Å²) in [6.07, 6.45) is 2.37. The molecule has 2 aliphatic rings. The number of para-hydroxylation sites is 2. The maximum Gasteiger partial charge on any atom is 0.206 e. The number of rotatable bonds is 2. The molecule has 2 saturated heterocycles. The molecular weight excluding hydrogens is 276 g/mol. The van der Waals surface area contributed by atoms with Crippen LogP contribution in [-0.4, -0.2) is 59.9 Å². The van der Waals surface area contributed by atoms with E-state index in [1.807, 2.05) is 0 Å². The molecule has 4 rings (SSSR count). The monoisotopic (exact) mass is 300 g/mol. The lowest BCUT2D eigenvalue weighted by Gasteiger charge is -2.40. The van der Waals surface area contributed by atoms with Crippen molar-refractivity contribution < 1.29 is 4.74 Å². The number of imidazole rings is 1. The number of ether oxygens (including phenoxy) is 1. The highest BCUT2D eigenvalue weighted by molar-refractivity contribution is 5.78. The van der Waals surface area contributed by atoms with Crippen LogP contribution in [0.25, 0.3) is 11.0 Å². The van der Waals surface area contributed by atoms with Gasteiger partial charge < -0.3 is 14.2 Å². The van der Waals surface area contributed by atoms with Gasteiger partial charge in [0.25, 0.3) is 0 Å². The van der Waals surface area contributed by atoms with Crippen LogP contribution < -0.4 is 4.90 Å². The van der Waals surface area contributed by atoms with Crippen LogP contribution >= 0.6 is 0 Å². The SMILES string of the molecule is Cn1c(N2CCN(C3CCOCC3)CC2)nc2ccccc21. The Morgan fingerprint density at radius 2 is 1.77 bits per heavy atom. The van der Waals surface area contributed by atoms with E-state index >= 15 is 0 Å². The lowest BCUT2D eigenvalue weighted by molar-refractivity contribution is 0.0320. The predicted molar refractivity (Wildman–Crippen MR) is 88.3 cm³/mol. The number of fused-ring (bicyclic) bond motifs is 1. The number of aryl methyl sites for hydroxylation is 1. The van der Waals surface area contributed by atoms with Gasteiger partial charge >= 0.3 is 0 Å². The minimum absolute atomic E-state index is 0.719. The van der Waals surface area contributed by atoms with Crippen LogP contribution in [0, 0.1) is 0 Å². The molecule has 0 atom stereocenters. The van der Waals surface area contributed by atoms with Gasteiger partial charge in [0.2, 0.25) is 5.95 Å². The van der Waals surface area contributed by atoms with E-state index in [-0.39, 0.29) is 0 Å². The zero-order valence-corrected chi connectivity index (χ0v) is 13.2. The number of anilines is 1. The van der Waals surface area contributed by atoms with Crippen molar-refractivity contribution in [2.24, 2.45) is 7.05 Å². The molecule has 22 heavy (non-hydrogen) atoms. The predicted octanol–water partition coefficient (Wildman–Crippen LogP) is 1.87. The molecule has 2 aromatic rings. The van der Waals surface area contributed by atoms with E-state index < -0.39 is 0 Å². The Hall–Kier alpha value is -1.59. The fourth-order valence-electron chi connectivity index (χ4n) is 3.75.